The molecule has 1 amide bonds. The van der Waals surface area contributed by atoms with E-state index in [1.165, 1.54) is 30.2 Å². The molecular formula is C19H18N2O2S3. The molecule has 0 fully saturated rings. The summed E-state index contributed by atoms with van der Waals surface area (Å²) >= 11 is 4.38. The second-order valence-electron chi connectivity index (χ2n) is 6.23. The van der Waals surface area contributed by atoms with Crippen LogP contribution in [0, 0.1) is 0 Å². The largest absolute Gasteiger partial charge is 0.316 e. The van der Waals surface area contributed by atoms with Crippen LogP contribution in [0.1, 0.15) is 30.2 Å². The Morgan fingerprint density at radius 2 is 2.00 bits per heavy atom. The SMILES string of the molecule is CC(=O)SCC(=O)Nc1sc2c(c1-c1nc3ccccc3s1)CCCC2. The molecule has 2 heterocycles. The number of rotatable bonds is 4. The molecule has 1 aliphatic carbocycles. The smallest absolute Gasteiger partial charge is 0.235 e. The lowest BCUT2D eigenvalue weighted by Gasteiger charge is -2.11. The normalized spacial score (nSPS) is 13.6. The minimum atomic E-state index is -0.133. The van der Waals surface area contributed by atoms with Crippen LogP contribution in [0.2, 0.25) is 0 Å². The molecule has 4 nitrogen and oxygen atoms in total. The van der Waals surface area contributed by atoms with Crippen LogP contribution < -0.4 is 5.32 Å². The minimum absolute atomic E-state index is 0.0444. The number of hydrogen-bond acceptors (Lipinski definition) is 6. The van der Waals surface area contributed by atoms with Gasteiger partial charge in [0.2, 0.25) is 5.91 Å². The van der Waals surface area contributed by atoms with Gasteiger partial charge < -0.3 is 5.32 Å². The molecule has 0 bridgehead atoms. The van der Waals surface area contributed by atoms with Gasteiger partial charge in [-0.05, 0) is 43.4 Å². The molecule has 134 valence electrons. The summed E-state index contributed by atoms with van der Waals surface area (Å²) in [6.07, 6.45) is 4.47. The summed E-state index contributed by atoms with van der Waals surface area (Å²) in [4.78, 5) is 29.6. The first-order valence-corrected chi connectivity index (χ1v) is 11.2. The molecule has 3 aromatic rings. The van der Waals surface area contributed by atoms with Crippen molar-refractivity contribution in [3.63, 3.8) is 0 Å². The number of amides is 1. The number of carbonyl (C=O) groups is 2. The molecule has 26 heavy (non-hydrogen) atoms. The molecule has 0 spiro atoms. The summed E-state index contributed by atoms with van der Waals surface area (Å²) in [6.45, 7) is 1.48. The topological polar surface area (TPSA) is 59.1 Å². The van der Waals surface area contributed by atoms with Crippen LogP contribution in [0.25, 0.3) is 20.8 Å². The Bertz CT molecular complexity index is 957. The van der Waals surface area contributed by atoms with Gasteiger partial charge in [0.15, 0.2) is 5.12 Å². The van der Waals surface area contributed by atoms with Crippen LogP contribution in [-0.4, -0.2) is 21.8 Å². The second kappa shape index (κ2) is 7.50. The van der Waals surface area contributed by atoms with Gasteiger partial charge in [-0.1, -0.05) is 23.9 Å². The lowest BCUT2D eigenvalue weighted by Crippen LogP contribution is -2.14. The zero-order valence-electron chi connectivity index (χ0n) is 14.3. The highest BCUT2D eigenvalue weighted by atomic mass is 32.2. The van der Waals surface area contributed by atoms with E-state index in [1.807, 2.05) is 18.2 Å². The van der Waals surface area contributed by atoms with E-state index in [-0.39, 0.29) is 16.8 Å². The van der Waals surface area contributed by atoms with Crippen molar-refractivity contribution in [1.29, 1.82) is 0 Å². The van der Waals surface area contributed by atoms with Crippen molar-refractivity contribution in [3.05, 3.63) is 34.7 Å². The lowest BCUT2D eigenvalue weighted by molar-refractivity contribution is -0.114. The number of para-hydroxylation sites is 1. The van der Waals surface area contributed by atoms with E-state index >= 15 is 0 Å². The maximum absolute atomic E-state index is 12.3. The molecule has 1 aliphatic rings. The lowest BCUT2D eigenvalue weighted by atomic mass is 9.96. The second-order valence-corrected chi connectivity index (χ2v) is 9.52. The predicted molar refractivity (Wildman–Crippen MR) is 111 cm³/mol. The molecule has 0 saturated carbocycles. The third-order valence-corrected chi connectivity index (χ3v) is 7.41. The van der Waals surface area contributed by atoms with Crippen molar-refractivity contribution < 1.29 is 9.59 Å². The molecule has 0 radical (unpaired) electrons. The fourth-order valence-corrected chi connectivity index (χ4v) is 6.01. The monoisotopic (exact) mass is 402 g/mol. The highest BCUT2D eigenvalue weighted by molar-refractivity contribution is 8.14. The Kier molecular flexibility index (Phi) is 5.11. The molecule has 7 heteroatoms. The maximum Gasteiger partial charge on any atom is 0.235 e. The molecule has 0 atom stereocenters. The van der Waals surface area contributed by atoms with Gasteiger partial charge in [0.1, 0.15) is 10.0 Å². The Morgan fingerprint density at radius 3 is 2.81 bits per heavy atom. The molecule has 0 saturated heterocycles. The van der Waals surface area contributed by atoms with Crippen LogP contribution in [-0.2, 0) is 22.4 Å². The molecule has 4 rings (SSSR count). The van der Waals surface area contributed by atoms with Gasteiger partial charge in [-0.3, -0.25) is 9.59 Å². The summed E-state index contributed by atoms with van der Waals surface area (Å²) in [6, 6.07) is 8.12. The first-order chi connectivity index (χ1) is 12.6. The van der Waals surface area contributed by atoms with Crippen molar-refractivity contribution in [1.82, 2.24) is 4.98 Å². The number of thiophene rings is 1. The molecule has 2 aromatic heterocycles. The fraction of sp³-hybridized carbons (Fsp3) is 0.316. The van der Waals surface area contributed by atoms with Gasteiger partial charge >= 0.3 is 0 Å². The number of nitrogens with one attached hydrogen (secondary N) is 1. The number of thioether (sulfide) groups is 1. The van der Waals surface area contributed by atoms with E-state index in [1.54, 1.807) is 22.7 Å². The summed E-state index contributed by atoms with van der Waals surface area (Å²) in [5.41, 5.74) is 3.43. The van der Waals surface area contributed by atoms with Gasteiger partial charge in [0.05, 0.1) is 16.0 Å². The number of aryl methyl sites for hydroxylation is 1. The fourth-order valence-electron chi connectivity index (χ4n) is 3.19. The summed E-state index contributed by atoms with van der Waals surface area (Å²) in [5.74, 6) is 0.0168. The quantitative estimate of drug-likeness (QED) is 0.658. The van der Waals surface area contributed by atoms with E-state index in [9.17, 15) is 9.59 Å². The van der Waals surface area contributed by atoms with Gasteiger partial charge in [0, 0.05) is 17.4 Å². The summed E-state index contributed by atoms with van der Waals surface area (Å²) in [5, 5.41) is 4.85. The van der Waals surface area contributed by atoms with E-state index in [4.69, 9.17) is 4.98 Å². The first-order valence-electron chi connectivity index (χ1n) is 8.55. The highest BCUT2D eigenvalue weighted by Gasteiger charge is 2.25. The van der Waals surface area contributed by atoms with Crippen molar-refractivity contribution in [2.24, 2.45) is 0 Å². The van der Waals surface area contributed by atoms with Crippen LogP contribution in [0.4, 0.5) is 5.00 Å². The standard InChI is InChI=1S/C19H18N2O2S3/c1-11(22)24-10-16(23)21-19-17(12-6-2-4-8-14(12)25-19)18-20-13-7-3-5-9-15(13)26-18/h3,5,7,9H,2,4,6,8,10H2,1H3,(H,21,23). The number of carbonyl (C=O) groups excluding carboxylic acids is 2. The molecule has 0 aliphatic heterocycles. The Balaban J connectivity index is 1.73. The molecule has 1 N–H and O–H groups in total. The van der Waals surface area contributed by atoms with E-state index < -0.39 is 0 Å². The van der Waals surface area contributed by atoms with Crippen LogP contribution in [0.5, 0.6) is 0 Å². The average Bonchev–Trinajstić information content (AvgIpc) is 3.20. The van der Waals surface area contributed by atoms with E-state index in [2.05, 4.69) is 11.4 Å². The number of benzene rings is 1. The van der Waals surface area contributed by atoms with Crippen molar-refractivity contribution in [3.8, 4) is 10.6 Å². The van der Waals surface area contributed by atoms with Crippen molar-refractivity contribution >= 4 is 60.7 Å². The number of aromatic nitrogens is 1. The minimum Gasteiger partial charge on any atom is -0.316 e. The molecular weight excluding hydrogens is 384 g/mol. The van der Waals surface area contributed by atoms with Crippen molar-refractivity contribution in [2.75, 3.05) is 11.1 Å². The van der Waals surface area contributed by atoms with Crippen LogP contribution in [0.3, 0.4) is 0 Å². The predicted octanol–water partition coefficient (Wildman–Crippen LogP) is 5.12. The van der Waals surface area contributed by atoms with Crippen LogP contribution in [0.15, 0.2) is 24.3 Å². The van der Waals surface area contributed by atoms with Crippen molar-refractivity contribution in [2.45, 2.75) is 32.6 Å². The zero-order valence-corrected chi connectivity index (χ0v) is 16.8. The maximum atomic E-state index is 12.3. The zero-order chi connectivity index (χ0) is 18.1. The van der Waals surface area contributed by atoms with Gasteiger partial charge in [-0.15, -0.1) is 22.7 Å². The Labute approximate surface area is 164 Å². The van der Waals surface area contributed by atoms with E-state index in [0.717, 1.165) is 50.4 Å². The summed E-state index contributed by atoms with van der Waals surface area (Å²) < 4.78 is 1.16. The third kappa shape index (κ3) is 3.56. The first kappa shape index (κ1) is 17.7. The summed E-state index contributed by atoms with van der Waals surface area (Å²) in [7, 11) is 0. The Morgan fingerprint density at radius 1 is 1.19 bits per heavy atom. The van der Waals surface area contributed by atoms with Gasteiger partial charge in [-0.2, -0.15) is 0 Å². The van der Waals surface area contributed by atoms with Gasteiger partial charge in [0.25, 0.3) is 0 Å². The van der Waals surface area contributed by atoms with E-state index in [0.29, 0.717) is 0 Å². The number of hydrogen-bond donors (Lipinski definition) is 1. The number of nitrogens with zero attached hydrogens (tertiary/aromatic N) is 1. The Hall–Kier alpha value is -1.70. The van der Waals surface area contributed by atoms with Gasteiger partial charge in [-0.25, -0.2) is 4.98 Å². The number of anilines is 1. The third-order valence-electron chi connectivity index (χ3n) is 4.34. The number of fused-ring (bicyclic) bond motifs is 2. The highest BCUT2D eigenvalue weighted by Crippen LogP contribution is 2.46. The number of thiazole rings is 1. The van der Waals surface area contributed by atoms with Crippen LogP contribution >= 0.6 is 34.4 Å². The molecule has 0 unspecified atom stereocenters. The molecule has 1 aromatic carbocycles. The average molecular weight is 403 g/mol.